The Morgan fingerprint density at radius 3 is 1.71 bits per heavy atom. The van der Waals surface area contributed by atoms with Crippen LogP contribution in [0.25, 0.3) is 0 Å². The third-order valence-electron chi connectivity index (χ3n) is 6.23. The van der Waals surface area contributed by atoms with Gasteiger partial charge in [-0.3, -0.25) is 9.05 Å². The molecule has 1 aromatic rings. The molecule has 1 N–H and O–H groups in total. The summed E-state index contributed by atoms with van der Waals surface area (Å²) in [5.41, 5.74) is 1.22. The number of quaternary nitrogens is 1. The van der Waals surface area contributed by atoms with Gasteiger partial charge in [-0.15, -0.1) is 0 Å². The summed E-state index contributed by atoms with van der Waals surface area (Å²) in [6, 6.07) is 8.22. The van der Waals surface area contributed by atoms with E-state index in [2.05, 4.69) is 49.1 Å². The van der Waals surface area contributed by atoms with Gasteiger partial charge in [0, 0.05) is 10.0 Å². The maximum absolute atomic E-state index is 12.1. The highest BCUT2D eigenvalue weighted by atomic mass is 79.9. The minimum atomic E-state index is -3.97. The lowest BCUT2D eigenvalue weighted by Gasteiger charge is -2.30. The highest BCUT2D eigenvalue weighted by Crippen LogP contribution is 2.43. The molecule has 198 valence electrons. The number of phosphoric ester groups is 1. The third kappa shape index (κ3) is 18.1. The number of nitrogens with zero attached hydrogens (tertiary/aromatic N) is 1. The lowest BCUT2D eigenvalue weighted by molar-refractivity contribution is -0.903. The van der Waals surface area contributed by atoms with E-state index in [1.165, 1.54) is 82.6 Å². The van der Waals surface area contributed by atoms with E-state index in [9.17, 15) is 9.46 Å². The molecule has 7 heteroatoms. The van der Waals surface area contributed by atoms with E-state index >= 15 is 0 Å². The van der Waals surface area contributed by atoms with Crippen LogP contribution in [0.15, 0.2) is 28.7 Å². The van der Waals surface area contributed by atoms with Crippen molar-refractivity contribution in [2.45, 2.75) is 103 Å². The van der Waals surface area contributed by atoms with Crippen LogP contribution in [-0.4, -0.2) is 43.2 Å². The average molecular weight is 564 g/mol. The predicted molar refractivity (Wildman–Crippen MR) is 147 cm³/mol. The maximum atomic E-state index is 12.1. The molecule has 0 aliphatic carbocycles. The number of benzene rings is 1. The van der Waals surface area contributed by atoms with Gasteiger partial charge in [0.15, 0.2) is 0 Å². The van der Waals surface area contributed by atoms with Crippen molar-refractivity contribution in [3.05, 3.63) is 34.3 Å². The van der Waals surface area contributed by atoms with E-state index in [0.717, 1.165) is 23.9 Å². The van der Waals surface area contributed by atoms with Crippen molar-refractivity contribution in [3.63, 3.8) is 0 Å². The first-order valence-electron chi connectivity index (χ1n) is 13.4. The quantitative estimate of drug-likeness (QED) is 0.0872. The molecule has 0 spiro atoms. The zero-order valence-corrected chi connectivity index (χ0v) is 24.5. The molecule has 1 unspecified atom stereocenters. The van der Waals surface area contributed by atoms with Crippen LogP contribution in [0.1, 0.15) is 102 Å². The molecular weight excluding hydrogens is 513 g/mol. The second-order valence-corrected chi connectivity index (χ2v) is 12.5. The van der Waals surface area contributed by atoms with Crippen LogP contribution in [0, 0.1) is 0 Å². The largest absolute Gasteiger partial charge is 0.472 e. The van der Waals surface area contributed by atoms with Crippen LogP contribution in [0.3, 0.4) is 0 Å². The molecule has 1 aromatic carbocycles. The van der Waals surface area contributed by atoms with Crippen molar-refractivity contribution in [3.8, 4) is 0 Å². The fraction of sp³-hybridized carbons (Fsp3) is 0.778. The van der Waals surface area contributed by atoms with Crippen LogP contribution in [0.5, 0.6) is 0 Å². The molecule has 0 fully saturated rings. The van der Waals surface area contributed by atoms with E-state index in [-0.39, 0.29) is 13.2 Å². The molecule has 0 saturated carbocycles. The van der Waals surface area contributed by atoms with Gasteiger partial charge < -0.3 is 9.38 Å². The van der Waals surface area contributed by atoms with Crippen LogP contribution in [0.4, 0.5) is 0 Å². The fourth-order valence-corrected chi connectivity index (χ4v) is 5.09. The van der Waals surface area contributed by atoms with Gasteiger partial charge in [0.2, 0.25) is 0 Å². The molecule has 1 atom stereocenters. The van der Waals surface area contributed by atoms with Crippen LogP contribution < -0.4 is 0 Å². The number of hydrogen-bond acceptors (Lipinski definition) is 3. The van der Waals surface area contributed by atoms with Gasteiger partial charge in [-0.1, -0.05) is 118 Å². The summed E-state index contributed by atoms with van der Waals surface area (Å²) in [4.78, 5) is 9.93. The monoisotopic (exact) mass is 562 g/mol. The molecule has 34 heavy (non-hydrogen) atoms. The number of unbranched alkanes of at least 4 members (excludes halogenated alkanes) is 13. The highest BCUT2D eigenvalue weighted by Gasteiger charge is 2.23. The van der Waals surface area contributed by atoms with Gasteiger partial charge in [-0.25, -0.2) is 4.57 Å². The zero-order valence-electron chi connectivity index (χ0n) is 22.0. The zero-order chi connectivity index (χ0) is 25.1. The molecule has 0 bridgehead atoms. The van der Waals surface area contributed by atoms with E-state index in [0.29, 0.717) is 11.0 Å². The number of hydrogen-bond donors (Lipinski definition) is 1. The third-order valence-corrected chi connectivity index (χ3v) is 7.77. The Bertz CT molecular complexity index is 669. The van der Waals surface area contributed by atoms with Gasteiger partial charge in [-0.2, -0.15) is 0 Å². The number of halogens is 1. The number of rotatable bonds is 22. The molecule has 0 amide bonds. The average Bonchev–Trinajstić information content (AvgIpc) is 2.77. The summed E-state index contributed by atoms with van der Waals surface area (Å²) in [6.07, 6.45) is 18.0. The Balaban J connectivity index is 1.98. The lowest BCUT2D eigenvalue weighted by Crippen LogP contribution is -2.41. The van der Waals surface area contributed by atoms with Crippen molar-refractivity contribution >= 4 is 23.8 Å². The number of likely N-dealkylation sites (N-methyl/N-ethyl adjacent to an activating group) is 1. The first-order chi connectivity index (χ1) is 16.2. The van der Waals surface area contributed by atoms with E-state index < -0.39 is 7.82 Å². The summed E-state index contributed by atoms with van der Waals surface area (Å²) in [5.74, 6) is 0. The smallest absolute Gasteiger partial charge is 0.323 e. The summed E-state index contributed by atoms with van der Waals surface area (Å²) in [6.45, 7) is 4.19. The van der Waals surface area contributed by atoms with Gasteiger partial charge in [-0.05, 0) is 18.6 Å². The van der Waals surface area contributed by atoms with Crippen molar-refractivity contribution < 1.29 is 23.0 Å². The molecule has 1 rings (SSSR count). The van der Waals surface area contributed by atoms with Gasteiger partial charge in [0.05, 0.1) is 20.7 Å². The Kier molecular flexibility index (Phi) is 17.7. The Hall–Kier alpha value is -0.230. The van der Waals surface area contributed by atoms with Crippen molar-refractivity contribution in [1.29, 1.82) is 0 Å². The Morgan fingerprint density at radius 2 is 1.21 bits per heavy atom. The second-order valence-electron chi connectivity index (χ2n) is 10.2. The van der Waals surface area contributed by atoms with Crippen molar-refractivity contribution in [2.75, 3.05) is 33.9 Å². The van der Waals surface area contributed by atoms with Crippen molar-refractivity contribution in [1.82, 2.24) is 0 Å². The summed E-state index contributed by atoms with van der Waals surface area (Å²) < 4.78 is 24.2. The second kappa shape index (κ2) is 19.0. The summed E-state index contributed by atoms with van der Waals surface area (Å²) in [5, 5.41) is 0. The Morgan fingerprint density at radius 1 is 0.765 bits per heavy atom. The molecule has 0 aromatic heterocycles. The van der Waals surface area contributed by atoms with Gasteiger partial charge in [0.1, 0.15) is 19.7 Å². The highest BCUT2D eigenvalue weighted by molar-refractivity contribution is 9.10. The van der Waals surface area contributed by atoms with Crippen LogP contribution >= 0.6 is 23.8 Å². The first kappa shape index (κ1) is 31.8. The SMILES string of the molecule is CCCCCCCCCCCCCCCCOP(=O)(O)OCC[N+](C)(C)Cc1ccc(Br)cc1. The van der Waals surface area contributed by atoms with Crippen molar-refractivity contribution in [2.24, 2.45) is 0 Å². The maximum Gasteiger partial charge on any atom is 0.472 e. The topological polar surface area (TPSA) is 55.8 Å². The van der Waals surface area contributed by atoms with Gasteiger partial charge in [0.25, 0.3) is 0 Å². The normalized spacial score (nSPS) is 13.8. The summed E-state index contributed by atoms with van der Waals surface area (Å²) >= 11 is 3.45. The molecule has 5 nitrogen and oxygen atoms in total. The van der Waals surface area contributed by atoms with Crippen LogP contribution in [0.2, 0.25) is 0 Å². The molecule has 0 aliphatic heterocycles. The van der Waals surface area contributed by atoms with E-state index in [1.54, 1.807) is 0 Å². The summed E-state index contributed by atoms with van der Waals surface area (Å²) in [7, 11) is 0.203. The molecule has 0 aliphatic rings. The number of phosphoric acid groups is 1. The predicted octanol–water partition coefficient (Wildman–Crippen LogP) is 8.64. The van der Waals surface area contributed by atoms with Gasteiger partial charge >= 0.3 is 7.82 Å². The lowest BCUT2D eigenvalue weighted by atomic mass is 10.0. The van der Waals surface area contributed by atoms with Crippen LogP contribution in [-0.2, 0) is 20.2 Å². The minimum Gasteiger partial charge on any atom is -0.323 e. The molecule has 0 radical (unpaired) electrons. The fourth-order valence-electron chi connectivity index (χ4n) is 4.08. The minimum absolute atomic E-state index is 0.191. The Labute approximate surface area is 218 Å². The van der Waals surface area contributed by atoms with E-state index in [4.69, 9.17) is 9.05 Å². The molecule has 0 saturated heterocycles. The standard InChI is InChI=1S/C27H49BrNO4P/c1-4-5-6-7-8-9-10-11-12-13-14-15-16-17-23-32-34(30,31)33-24-22-29(2,3)25-26-18-20-27(28)21-19-26/h18-21H,4-17,22-25H2,1-3H3/p+1. The molecule has 0 heterocycles. The molecular formula is C27H50BrNO4P+. The van der Waals surface area contributed by atoms with E-state index in [1.807, 2.05) is 12.1 Å². The first-order valence-corrected chi connectivity index (χ1v) is 15.7.